The van der Waals surface area contributed by atoms with Crippen LogP contribution >= 0.6 is 0 Å². The smallest absolute Gasteiger partial charge is 0.309 e. The number of benzene rings is 2. The van der Waals surface area contributed by atoms with Crippen molar-refractivity contribution in [2.75, 3.05) is 19.7 Å². The number of likely N-dealkylation sites (tertiary alicyclic amines) is 1. The second-order valence-electron chi connectivity index (χ2n) is 12.4. The zero-order chi connectivity index (χ0) is 25.5. The predicted octanol–water partition coefficient (Wildman–Crippen LogP) is 7.77. The second kappa shape index (κ2) is 12.4. The van der Waals surface area contributed by atoms with Crippen molar-refractivity contribution in [3.05, 3.63) is 42.0 Å². The molecular formula is C32H47NO3. The lowest BCUT2D eigenvalue weighted by Gasteiger charge is -2.31. The van der Waals surface area contributed by atoms with Crippen molar-refractivity contribution in [3.8, 4) is 5.75 Å². The molecule has 0 radical (unpaired) electrons. The number of carbonyl (C=O) groups is 1. The summed E-state index contributed by atoms with van der Waals surface area (Å²) in [5.41, 5.74) is 1.79. The van der Waals surface area contributed by atoms with Crippen molar-refractivity contribution in [3.63, 3.8) is 0 Å². The maximum Gasteiger partial charge on any atom is 0.309 e. The average Bonchev–Trinajstić information content (AvgIpc) is 2.85. The van der Waals surface area contributed by atoms with Crippen LogP contribution in [0.25, 0.3) is 10.8 Å². The standard InChI is InChI=1S/C32H47NO3/c1-5-35-31(34)26-16-19-33(20-17-26)23-25-8-11-28-22-30(15-12-27(28)21-25)36-29-13-9-24(10-14-29)7-6-18-32(2,3)4/h8,11-12,15,21-22,24,26,29H,5-7,9-10,13-14,16-20,23H2,1-4H3. The molecule has 2 aliphatic rings. The first-order valence-electron chi connectivity index (χ1n) is 14.4. The third-order valence-electron chi connectivity index (χ3n) is 8.13. The maximum atomic E-state index is 12.0. The van der Waals surface area contributed by atoms with Gasteiger partial charge in [-0.1, -0.05) is 51.8 Å². The van der Waals surface area contributed by atoms with Crippen molar-refractivity contribution in [2.24, 2.45) is 17.3 Å². The van der Waals surface area contributed by atoms with E-state index in [4.69, 9.17) is 9.47 Å². The molecule has 198 valence electrons. The van der Waals surface area contributed by atoms with Crippen LogP contribution in [0.2, 0.25) is 0 Å². The van der Waals surface area contributed by atoms with Crippen LogP contribution in [-0.4, -0.2) is 36.7 Å². The third-order valence-corrected chi connectivity index (χ3v) is 8.13. The van der Waals surface area contributed by atoms with Gasteiger partial charge in [-0.2, -0.15) is 0 Å². The van der Waals surface area contributed by atoms with Crippen LogP contribution in [0.15, 0.2) is 36.4 Å². The molecule has 1 saturated heterocycles. The highest BCUT2D eigenvalue weighted by Crippen LogP contribution is 2.33. The lowest BCUT2D eigenvalue weighted by molar-refractivity contribution is -0.149. The Morgan fingerprint density at radius 1 is 0.944 bits per heavy atom. The van der Waals surface area contributed by atoms with Crippen molar-refractivity contribution >= 4 is 16.7 Å². The van der Waals surface area contributed by atoms with Gasteiger partial charge in [0.2, 0.25) is 0 Å². The minimum absolute atomic E-state index is 0.0231. The second-order valence-corrected chi connectivity index (χ2v) is 12.4. The zero-order valence-electron chi connectivity index (χ0n) is 23.1. The molecule has 0 amide bonds. The Morgan fingerprint density at radius 3 is 2.33 bits per heavy atom. The monoisotopic (exact) mass is 493 g/mol. The molecule has 2 fully saturated rings. The molecule has 1 heterocycles. The first kappa shape index (κ1) is 27.0. The lowest BCUT2D eigenvalue weighted by Crippen LogP contribution is -2.36. The van der Waals surface area contributed by atoms with Gasteiger partial charge in [-0.25, -0.2) is 0 Å². The summed E-state index contributed by atoms with van der Waals surface area (Å²) in [6.07, 6.45) is 11.2. The van der Waals surface area contributed by atoms with E-state index in [-0.39, 0.29) is 11.9 Å². The fourth-order valence-electron chi connectivity index (χ4n) is 5.94. The highest BCUT2D eigenvalue weighted by Gasteiger charge is 2.26. The van der Waals surface area contributed by atoms with Crippen molar-refractivity contribution < 1.29 is 14.3 Å². The van der Waals surface area contributed by atoms with Gasteiger partial charge in [0.15, 0.2) is 0 Å². The normalized spacial score (nSPS) is 22.0. The number of nitrogens with zero attached hydrogens (tertiary/aromatic N) is 1. The maximum absolute atomic E-state index is 12.0. The first-order valence-corrected chi connectivity index (χ1v) is 14.4. The summed E-state index contributed by atoms with van der Waals surface area (Å²) in [5.74, 6) is 1.94. The van der Waals surface area contributed by atoms with Gasteiger partial charge in [0.25, 0.3) is 0 Å². The van der Waals surface area contributed by atoms with Gasteiger partial charge in [0.1, 0.15) is 5.75 Å². The number of piperidine rings is 1. The van der Waals surface area contributed by atoms with Crippen LogP contribution in [0.1, 0.15) is 91.0 Å². The van der Waals surface area contributed by atoms with E-state index >= 15 is 0 Å². The van der Waals surface area contributed by atoms with Crippen molar-refractivity contribution in [1.82, 2.24) is 4.90 Å². The van der Waals surface area contributed by atoms with Crippen LogP contribution in [0, 0.1) is 17.3 Å². The number of hydrogen-bond acceptors (Lipinski definition) is 4. The van der Waals surface area contributed by atoms with E-state index in [1.54, 1.807) is 0 Å². The predicted molar refractivity (Wildman–Crippen MR) is 148 cm³/mol. The summed E-state index contributed by atoms with van der Waals surface area (Å²) in [7, 11) is 0. The Bertz CT molecular complexity index is 979. The van der Waals surface area contributed by atoms with Crippen LogP contribution in [0.5, 0.6) is 5.75 Å². The summed E-state index contributed by atoms with van der Waals surface area (Å²) in [4.78, 5) is 14.4. The van der Waals surface area contributed by atoms with Crippen molar-refractivity contribution in [2.45, 2.75) is 98.1 Å². The Labute approximate surface area is 218 Å². The molecule has 1 aliphatic heterocycles. The molecule has 4 nitrogen and oxygen atoms in total. The molecule has 0 aromatic heterocycles. The van der Waals surface area contributed by atoms with Gasteiger partial charge >= 0.3 is 5.97 Å². The zero-order valence-corrected chi connectivity index (χ0v) is 23.1. The number of esters is 1. The summed E-state index contributed by atoms with van der Waals surface area (Å²) < 4.78 is 11.6. The van der Waals surface area contributed by atoms with E-state index in [1.165, 1.54) is 61.3 Å². The Kier molecular flexibility index (Phi) is 9.33. The molecule has 4 rings (SSSR count). The Morgan fingerprint density at radius 2 is 1.64 bits per heavy atom. The highest BCUT2D eigenvalue weighted by atomic mass is 16.5. The van der Waals surface area contributed by atoms with Gasteiger partial charge in [-0.15, -0.1) is 0 Å². The fourth-order valence-corrected chi connectivity index (χ4v) is 5.94. The van der Waals surface area contributed by atoms with E-state index in [9.17, 15) is 4.79 Å². The lowest BCUT2D eigenvalue weighted by atomic mass is 9.81. The SMILES string of the molecule is CCOC(=O)C1CCN(Cc2ccc3cc(OC4CCC(CCCC(C)(C)C)CC4)ccc3c2)CC1. The van der Waals surface area contributed by atoms with Crippen molar-refractivity contribution in [1.29, 1.82) is 0 Å². The third kappa shape index (κ3) is 7.96. The van der Waals surface area contributed by atoms with E-state index in [0.29, 0.717) is 18.1 Å². The van der Waals surface area contributed by atoms with Gasteiger partial charge in [0, 0.05) is 6.54 Å². The molecule has 4 heteroatoms. The number of fused-ring (bicyclic) bond motifs is 1. The molecule has 0 spiro atoms. The highest BCUT2D eigenvalue weighted by molar-refractivity contribution is 5.84. The molecule has 0 atom stereocenters. The topological polar surface area (TPSA) is 38.8 Å². The summed E-state index contributed by atoms with van der Waals surface area (Å²) in [5, 5.41) is 2.51. The molecular weight excluding hydrogens is 446 g/mol. The van der Waals surface area contributed by atoms with Crippen LogP contribution in [0.4, 0.5) is 0 Å². The number of carbonyl (C=O) groups excluding carboxylic acids is 1. The molecule has 1 saturated carbocycles. The number of ether oxygens (including phenoxy) is 2. The molecule has 1 aliphatic carbocycles. The van der Waals surface area contributed by atoms with E-state index in [2.05, 4.69) is 62.1 Å². The molecule has 0 unspecified atom stereocenters. The number of rotatable bonds is 9. The van der Waals surface area contributed by atoms with E-state index in [0.717, 1.165) is 44.1 Å². The van der Waals surface area contributed by atoms with Crippen LogP contribution in [0.3, 0.4) is 0 Å². The Balaban J connectivity index is 1.24. The minimum Gasteiger partial charge on any atom is -0.490 e. The summed E-state index contributed by atoms with van der Waals surface area (Å²) in [6.45, 7) is 12.2. The molecule has 2 aromatic rings. The molecule has 0 N–H and O–H groups in total. The Hall–Kier alpha value is -2.07. The first-order chi connectivity index (χ1) is 17.3. The van der Waals surface area contributed by atoms with Crippen LogP contribution in [-0.2, 0) is 16.1 Å². The minimum atomic E-state index is -0.0231. The van der Waals surface area contributed by atoms with Gasteiger partial charge in [0.05, 0.1) is 18.6 Å². The van der Waals surface area contributed by atoms with E-state index in [1.807, 2.05) is 6.92 Å². The summed E-state index contributed by atoms with van der Waals surface area (Å²) >= 11 is 0. The van der Waals surface area contributed by atoms with Gasteiger partial charge in [-0.3, -0.25) is 9.69 Å². The quantitative estimate of drug-likeness (QED) is 0.335. The largest absolute Gasteiger partial charge is 0.490 e. The summed E-state index contributed by atoms with van der Waals surface area (Å²) in [6, 6.07) is 13.3. The average molecular weight is 494 g/mol. The molecule has 36 heavy (non-hydrogen) atoms. The molecule has 2 aromatic carbocycles. The van der Waals surface area contributed by atoms with E-state index < -0.39 is 0 Å². The van der Waals surface area contributed by atoms with Gasteiger partial charge in [-0.05, 0) is 111 Å². The number of hydrogen-bond donors (Lipinski definition) is 0. The molecule has 0 bridgehead atoms. The van der Waals surface area contributed by atoms with Crippen LogP contribution < -0.4 is 4.74 Å². The fraction of sp³-hybridized carbons (Fsp3) is 0.656. The van der Waals surface area contributed by atoms with Gasteiger partial charge < -0.3 is 9.47 Å².